The zero-order chi connectivity index (χ0) is 5.98. The van der Waals surface area contributed by atoms with Gasteiger partial charge in [0, 0.05) is 6.21 Å². The van der Waals surface area contributed by atoms with Crippen LogP contribution in [0.25, 0.3) is 0 Å². The largest absolute Gasteiger partial charge is 0.281 e. The highest BCUT2D eigenvalue weighted by molar-refractivity contribution is 5.74. The van der Waals surface area contributed by atoms with Crippen molar-refractivity contribution in [3.05, 3.63) is 24.3 Å². The summed E-state index contributed by atoms with van der Waals surface area (Å²) in [5, 5.41) is 0. The Hall–Kier alpha value is -0.850. The van der Waals surface area contributed by atoms with Gasteiger partial charge in [-0.15, -0.1) is 0 Å². The van der Waals surface area contributed by atoms with Gasteiger partial charge in [0.2, 0.25) is 0 Å². The highest BCUT2D eigenvalue weighted by Gasteiger charge is 2.02. The number of allylic oxidation sites excluding steroid dienone is 1. The lowest BCUT2D eigenvalue weighted by atomic mass is 10.2. The Bertz CT molecular complexity index is 142. The van der Waals surface area contributed by atoms with E-state index in [1.807, 2.05) is 19.1 Å². The van der Waals surface area contributed by atoms with Crippen molar-refractivity contribution in [1.29, 1.82) is 0 Å². The molecule has 8 heavy (non-hydrogen) atoms. The fraction of sp³-hybridized carbons (Fsp3) is 0.286. The minimum absolute atomic E-state index is 0.259. The van der Waals surface area contributed by atoms with Gasteiger partial charge >= 0.3 is 0 Å². The molecule has 42 valence electrons. The molecular formula is C7H9N. The summed E-state index contributed by atoms with van der Waals surface area (Å²) in [5.74, 6) is 0. The van der Waals surface area contributed by atoms with Crippen LogP contribution < -0.4 is 0 Å². The maximum Gasteiger partial charge on any atom is 0.0888 e. The fourth-order valence-electron chi connectivity index (χ4n) is 0.639. The van der Waals surface area contributed by atoms with Crippen LogP contribution >= 0.6 is 0 Å². The predicted molar refractivity (Wildman–Crippen MR) is 36.2 cm³/mol. The van der Waals surface area contributed by atoms with Gasteiger partial charge in [0.25, 0.3) is 0 Å². The van der Waals surface area contributed by atoms with Crippen molar-refractivity contribution < 1.29 is 0 Å². The van der Waals surface area contributed by atoms with Gasteiger partial charge in [0.15, 0.2) is 0 Å². The number of rotatable bonds is 1. The van der Waals surface area contributed by atoms with Crippen LogP contribution in [-0.2, 0) is 0 Å². The highest BCUT2D eigenvalue weighted by atomic mass is 14.8. The maximum absolute atomic E-state index is 4.10. The van der Waals surface area contributed by atoms with Gasteiger partial charge in [-0.25, -0.2) is 0 Å². The van der Waals surface area contributed by atoms with Crippen LogP contribution in [0, 0.1) is 0 Å². The first-order chi connectivity index (χ1) is 3.80. The first kappa shape index (κ1) is 5.29. The molecule has 1 rings (SSSR count). The summed E-state index contributed by atoms with van der Waals surface area (Å²) < 4.78 is 0. The Morgan fingerprint density at radius 3 is 2.75 bits per heavy atom. The van der Waals surface area contributed by atoms with Gasteiger partial charge in [-0.05, 0) is 13.0 Å². The van der Waals surface area contributed by atoms with E-state index in [4.69, 9.17) is 0 Å². The molecule has 1 nitrogen and oxygen atoms in total. The first-order valence-electron chi connectivity index (χ1n) is 2.66. The van der Waals surface area contributed by atoms with E-state index in [2.05, 4.69) is 11.6 Å². The second-order valence-corrected chi connectivity index (χ2v) is 1.97. The second kappa shape index (κ2) is 1.95. The molecule has 1 atom stereocenters. The van der Waals surface area contributed by atoms with E-state index in [9.17, 15) is 0 Å². The van der Waals surface area contributed by atoms with Gasteiger partial charge in [0.05, 0.1) is 6.04 Å². The maximum atomic E-state index is 4.10. The van der Waals surface area contributed by atoms with Crippen molar-refractivity contribution in [2.24, 2.45) is 4.99 Å². The van der Waals surface area contributed by atoms with Crippen LogP contribution in [0.3, 0.4) is 0 Å². The lowest BCUT2D eigenvalue weighted by Gasteiger charge is -1.99. The molecule has 0 saturated carbocycles. The summed E-state index contributed by atoms with van der Waals surface area (Å²) in [7, 11) is 0. The van der Waals surface area contributed by atoms with E-state index in [1.165, 1.54) is 0 Å². The minimum atomic E-state index is 0.259. The average molecular weight is 107 g/mol. The van der Waals surface area contributed by atoms with E-state index in [0.717, 1.165) is 5.57 Å². The van der Waals surface area contributed by atoms with Gasteiger partial charge in [0.1, 0.15) is 0 Å². The second-order valence-electron chi connectivity index (χ2n) is 1.97. The Kier molecular flexibility index (Phi) is 1.29. The molecule has 1 heterocycles. The summed E-state index contributed by atoms with van der Waals surface area (Å²) in [5.41, 5.74) is 1.11. The van der Waals surface area contributed by atoms with Crippen LogP contribution in [0.4, 0.5) is 0 Å². The number of nitrogens with zero attached hydrogens (tertiary/aromatic N) is 1. The number of aliphatic imine (C=N–C) groups is 1. The minimum Gasteiger partial charge on any atom is -0.281 e. The van der Waals surface area contributed by atoms with Crippen LogP contribution in [-0.4, -0.2) is 12.3 Å². The van der Waals surface area contributed by atoms with Gasteiger partial charge in [-0.3, -0.25) is 4.99 Å². The summed E-state index contributed by atoms with van der Waals surface area (Å²) in [4.78, 5) is 4.10. The zero-order valence-electron chi connectivity index (χ0n) is 4.96. The smallest absolute Gasteiger partial charge is 0.0888 e. The Morgan fingerprint density at radius 1 is 1.75 bits per heavy atom. The molecule has 1 heteroatoms. The van der Waals surface area contributed by atoms with Crippen LogP contribution in [0.1, 0.15) is 6.92 Å². The molecule has 0 N–H and O–H groups in total. The molecule has 0 bridgehead atoms. The van der Waals surface area contributed by atoms with E-state index >= 15 is 0 Å². The molecule has 0 saturated heterocycles. The molecule has 1 unspecified atom stereocenters. The molecule has 0 aromatic rings. The van der Waals surface area contributed by atoms with Gasteiger partial charge in [-0.1, -0.05) is 18.2 Å². The monoisotopic (exact) mass is 107 g/mol. The van der Waals surface area contributed by atoms with Crippen LogP contribution in [0.15, 0.2) is 29.3 Å². The van der Waals surface area contributed by atoms with Gasteiger partial charge < -0.3 is 0 Å². The Balaban J connectivity index is 2.62. The normalized spacial score (nSPS) is 24.4. The average Bonchev–Trinajstić information content (AvgIpc) is 2.12. The molecule has 0 fully saturated rings. The lowest BCUT2D eigenvalue weighted by Crippen LogP contribution is -1.95. The highest BCUT2D eigenvalue weighted by Crippen LogP contribution is 2.07. The summed E-state index contributed by atoms with van der Waals surface area (Å²) in [6.07, 6.45) is 5.78. The van der Waals surface area contributed by atoms with E-state index in [0.29, 0.717) is 0 Å². The van der Waals surface area contributed by atoms with Crippen molar-refractivity contribution in [3.63, 3.8) is 0 Å². The molecule has 1 aliphatic heterocycles. The van der Waals surface area contributed by atoms with Crippen LogP contribution in [0.2, 0.25) is 0 Å². The quantitative estimate of drug-likeness (QED) is 0.451. The van der Waals surface area contributed by atoms with Crippen molar-refractivity contribution in [2.45, 2.75) is 13.0 Å². The SMILES string of the molecule is C=C(C)C1C=CC=N1. The standard InChI is InChI=1S/C7H9N/c1-6(2)7-4-3-5-8-7/h3-5,7H,1H2,2H3. The summed E-state index contributed by atoms with van der Waals surface area (Å²) in [6.45, 7) is 5.76. The zero-order valence-corrected chi connectivity index (χ0v) is 4.96. The Morgan fingerprint density at radius 2 is 2.50 bits per heavy atom. The molecule has 0 aromatic heterocycles. The van der Waals surface area contributed by atoms with Crippen LogP contribution in [0.5, 0.6) is 0 Å². The van der Waals surface area contributed by atoms with E-state index < -0.39 is 0 Å². The molecule has 0 spiro atoms. The molecule has 0 amide bonds. The molecule has 1 aliphatic rings. The molecule has 0 aromatic carbocycles. The molecule has 0 aliphatic carbocycles. The third-order valence-electron chi connectivity index (χ3n) is 1.13. The molecular weight excluding hydrogens is 98.1 g/mol. The van der Waals surface area contributed by atoms with Crippen molar-refractivity contribution in [1.82, 2.24) is 0 Å². The topological polar surface area (TPSA) is 12.4 Å². The molecule has 0 radical (unpaired) electrons. The Labute approximate surface area is 49.4 Å². The predicted octanol–water partition coefficient (Wildman–Crippen LogP) is 1.57. The first-order valence-corrected chi connectivity index (χ1v) is 2.66. The number of hydrogen-bond donors (Lipinski definition) is 0. The fourth-order valence-corrected chi connectivity index (χ4v) is 0.639. The van der Waals surface area contributed by atoms with Crippen molar-refractivity contribution in [3.8, 4) is 0 Å². The van der Waals surface area contributed by atoms with E-state index in [-0.39, 0.29) is 6.04 Å². The number of hydrogen-bond acceptors (Lipinski definition) is 1. The van der Waals surface area contributed by atoms with E-state index in [1.54, 1.807) is 6.21 Å². The lowest BCUT2D eigenvalue weighted by molar-refractivity contribution is 0.979. The summed E-state index contributed by atoms with van der Waals surface area (Å²) >= 11 is 0. The van der Waals surface area contributed by atoms with Crippen molar-refractivity contribution in [2.75, 3.05) is 0 Å². The van der Waals surface area contributed by atoms with Crippen molar-refractivity contribution >= 4 is 6.21 Å². The van der Waals surface area contributed by atoms with Gasteiger partial charge in [-0.2, -0.15) is 0 Å². The third-order valence-corrected chi connectivity index (χ3v) is 1.13. The third kappa shape index (κ3) is 0.861. The summed E-state index contributed by atoms with van der Waals surface area (Å²) in [6, 6.07) is 0.259.